The van der Waals surface area contributed by atoms with Crippen LogP contribution in [0.5, 0.6) is 17.2 Å². The third-order valence-electron chi connectivity index (χ3n) is 6.16. The summed E-state index contributed by atoms with van der Waals surface area (Å²) in [5.74, 6) is 0.790. The van der Waals surface area contributed by atoms with E-state index < -0.39 is 22.1 Å². The maximum Gasteiger partial charge on any atom is 0.338 e. The van der Waals surface area contributed by atoms with Crippen LogP contribution in [-0.2, 0) is 21.2 Å². The van der Waals surface area contributed by atoms with Gasteiger partial charge in [0.25, 0.3) is 0 Å². The summed E-state index contributed by atoms with van der Waals surface area (Å²) < 4.78 is 49.1. The maximum absolute atomic E-state index is 13.4. The molecule has 1 N–H and O–H groups in total. The molecule has 1 saturated carbocycles. The average molecular weight is 612 g/mol. The van der Waals surface area contributed by atoms with Crippen molar-refractivity contribution in [3.63, 3.8) is 0 Å². The molecule has 1 unspecified atom stereocenters. The van der Waals surface area contributed by atoms with Gasteiger partial charge in [0.05, 0.1) is 38.3 Å². The van der Waals surface area contributed by atoms with Crippen molar-refractivity contribution in [3.05, 3.63) is 80.7 Å². The minimum atomic E-state index is -3.59. The smallest absolute Gasteiger partial charge is 0.338 e. The third-order valence-corrected chi connectivity index (χ3v) is 7.40. The number of methoxy groups -OCH3 is 2. The molecular formula is C27H28Cl2N2O8S. The number of esters is 1. The van der Waals surface area contributed by atoms with Gasteiger partial charge < -0.3 is 24.2 Å². The summed E-state index contributed by atoms with van der Waals surface area (Å²) in [4.78, 5) is 13.4. The lowest BCUT2D eigenvalue weighted by Gasteiger charge is -2.21. The maximum atomic E-state index is 13.4. The second-order valence-electron chi connectivity index (χ2n) is 9.34. The molecule has 0 spiro atoms. The molecule has 0 aliphatic heterocycles. The van der Waals surface area contributed by atoms with Crippen LogP contribution < -0.4 is 23.7 Å². The number of ether oxygens (including phenoxy) is 4. The predicted octanol–water partition coefficient (Wildman–Crippen LogP) is 4.95. The Balaban J connectivity index is 1.68. The number of rotatable bonds is 12. The molecule has 0 radical (unpaired) electrons. The Morgan fingerprint density at radius 3 is 2.33 bits per heavy atom. The summed E-state index contributed by atoms with van der Waals surface area (Å²) in [5, 5.41) is 12.0. The number of hydrogen-bond donors (Lipinski definition) is 1. The summed E-state index contributed by atoms with van der Waals surface area (Å²) in [6.07, 6.45) is 4.54. The van der Waals surface area contributed by atoms with Gasteiger partial charge in [-0.15, -0.1) is 0 Å². The molecule has 1 aliphatic carbocycles. The first kappa shape index (κ1) is 29.6. The standard InChI is InChI=1S/C27H28Cl2N2O8S/c1-36-23-9-7-17(10-26(23)37-2)24(12-19-20(28)13-31(33)14-21(19)29)39-27(32)18-6-8-22(30-40(3,34)35)25(11-18)38-15-16-4-5-16/h6-11,13-14,16,24,30H,4-5,12,15H2,1-3H3. The van der Waals surface area contributed by atoms with Gasteiger partial charge in [0, 0.05) is 12.0 Å². The molecule has 0 bridgehead atoms. The summed E-state index contributed by atoms with van der Waals surface area (Å²) in [7, 11) is -0.602. The van der Waals surface area contributed by atoms with Crippen LogP contribution in [-0.4, -0.2) is 41.5 Å². The van der Waals surface area contributed by atoms with Gasteiger partial charge in [-0.05, 0) is 54.7 Å². The summed E-state index contributed by atoms with van der Waals surface area (Å²) in [6, 6.07) is 9.37. The Bertz CT molecular complexity index is 1490. The van der Waals surface area contributed by atoms with Gasteiger partial charge in [0.1, 0.15) is 21.9 Å². The van der Waals surface area contributed by atoms with Crippen LogP contribution >= 0.6 is 23.2 Å². The number of sulfonamides is 1. The number of carbonyl (C=O) groups is 1. The number of nitrogens with zero attached hydrogens (tertiary/aromatic N) is 1. The monoisotopic (exact) mass is 610 g/mol. The highest BCUT2D eigenvalue weighted by Crippen LogP contribution is 2.37. The van der Waals surface area contributed by atoms with Crippen molar-refractivity contribution in [1.82, 2.24) is 0 Å². The Hall–Kier alpha value is -3.41. The number of nitrogens with one attached hydrogen (secondary N) is 1. The number of aromatic nitrogens is 1. The molecule has 0 amide bonds. The summed E-state index contributed by atoms with van der Waals surface area (Å²) >= 11 is 12.6. The van der Waals surface area contributed by atoms with E-state index in [1.54, 1.807) is 18.2 Å². The van der Waals surface area contributed by atoms with Gasteiger partial charge in [0.2, 0.25) is 10.0 Å². The quantitative estimate of drug-likeness (QED) is 0.173. The number of carbonyl (C=O) groups excluding carboxylic acids is 1. The van der Waals surface area contributed by atoms with Crippen LogP contribution in [0.4, 0.5) is 5.69 Å². The molecule has 4 rings (SSSR count). The zero-order chi connectivity index (χ0) is 29.0. The molecule has 40 heavy (non-hydrogen) atoms. The minimum absolute atomic E-state index is 0.0402. The fraction of sp³-hybridized carbons (Fsp3) is 0.333. The van der Waals surface area contributed by atoms with Crippen LogP contribution in [0, 0.1) is 11.1 Å². The van der Waals surface area contributed by atoms with Gasteiger partial charge in [0.15, 0.2) is 23.9 Å². The van der Waals surface area contributed by atoms with Crippen molar-refractivity contribution in [2.24, 2.45) is 5.92 Å². The van der Waals surface area contributed by atoms with Crippen molar-refractivity contribution in [2.75, 3.05) is 31.8 Å². The highest BCUT2D eigenvalue weighted by atomic mass is 35.5. The SMILES string of the molecule is COc1ccc(C(Cc2c(Cl)c[n+]([O-])cc2Cl)OC(=O)c2ccc(NS(C)(=O)=O)c(OCC3CC3)c2)cc1OC. The minimum Gasteiger partial charge on any atom is -0.619 e. The van der Waals surface area contributed by atoms with Crippen LogP contribution in [0.25, 0.3) is 0 Å². The lowest BCUT2D eigenvalue weighted by molar-refractivity contribution is -0.605. The predicted molar refractivity (Wildman–Crippen MR) is 150 cm³/mol. The normalized spacial score (nSPS) is 13.8. The Morgan fingerprint density at radius 2 is 1.73 bits per heavy atom. The highest BCUT2D eigenvalue weighted by molar-refractivity contribution is 7.92. The van der Waals surface area contributed by atoms with Crippen LogP contribution in [0.15, 0.2) is 48.8 Å². The van der Waals surface area contributed by atoms with Gasteiger partial charge >= 0.3 is 5.97 Å². The number of halogens is 2. The highest BCUT2D eigenvalue weighted by Gasteiger charge is 2.26. The molecule has 1 aromatic heterocycles. The number of pyridine rings is 1. The second kappa shape index (κ2) is 12.4. The van der Waals surface area contributed by atoms with Gasteiger partial charge in [-0.1, -0.05) is 29.3 Å². The molecule has 13 heteroatoms. The summed E-state index contributed by atoms with van der Waals surface area (Å²) in [5.41, 5.74) is 1.31. The van der Waals surface area contributed by atoms with E-state index in [0.29, 0.717) is 39.9 Å². The Morgan fingerprint density at radius 1 is 1.05 bits per heavy atom. The van der Waals surface area contributed by atoms with E-state index in [2.05, 4.69) is 4.72 Å². The van der Waals surface area contributed by atoms with E-state index in [1.165, 1.54) is 32.4 Å². The lowest BCUT2D eigenvalue weighted by Crippen LogP contribution is -2.25. The first-order chi connectivity index (χ1) is 19.0. The molecule has 3 aromatic rings. The number of hydrogen-bond acceptors (Lipinski definition) is 8. The Labute approximate surface area is 242 Å². The molecule has 1 aliphatic rings. The van der Waals surface area contributed by atoms with Crippen LogP contribution in [0.1, 0.15) is 40.4 Å². The molecule has 214 valence electrons. The van der Waals surface area contributed by atoms with Crippen molar-refractivity contribution < 1.29 is 36.9 Å². The molecule has 1 fully saturated rings. The Kier molecular flexibility index (Phi) is 9.17. The third kappa shape index (κ3) is 7.61. The largest absolute Gasteiger partial charge is 0.619 e. The van der Waals surface area contributed by atoms with Gasteiger partial charge in [-0.2, -0.15) is 4.73 Å². The first-order valence-electron chi connectivity index (χ1n) is 12.2. The topological polar surface area (TPSA) is 127 Å². The second-order valence-corrected chi connectivity index (χ2v) is 11.9. The van der Waals surface area contributed by atoms with Crippen molar-refractivity contribution >= 4 is 44.9 Å². The van der Waals surface area contributed by atoms with E-state index in [0.717, 1.165) is 31.5 Å². The number of benzene rings is 2. The zero-order valence-corrected chi connectivity index (χ0v) is 24.3. The first-order valence-corrected chi connectivity index (χ1v) is 14.9. The van der Waals surface area contributed by atoms with Gasteiger partial charge in [-0.25, -0.2) is 13.2 Å². The zero-order valence-electron chi connectivity index (χ0n) is 22.0. The van der Waals surface area contributed by atoms with Gasteiger partial charge in [-0.3, -0.25) is 4.72 Å². The van der Waals surface area contributed by atoms with E-state index in [1.807, 2.05) is 0 Å². The molecule has 1 heterocycles. The molecular weight excluding hydrogens is 583 g/mol. The van der Waals surface area contributed by atoms with Crippen molar-refractivity contribution in [2.45, 2.75) is 25.4 Å². The molecule has 0 saturated heterocycles. The summed E-state index contributed by atoms with van der Waals surface area (Å²) in [6.45, 7) is 0.399. The van der Waals surface area contributed by atoms with E-state index in [4.69, 9.17) is 42.1 Å². The van der Waals surface area contributed by atoms with Crippen LogP contribution in [0.2, 0.25) is 10.0 Å². The van der Waals surface area contributed by atoms with E-state index >= 15 is 0 Å². The van der Waals surface area contributed by atoms with Crippen LogP contribution in [0.3, 0.4) is 0 Å². The number of anilines is 1. The fourth-order valence-corrected chi connectivity index (χ4v) is 5.10. The molecule has 2 aromatic carbocycles. The molecule has 10 nitrogen and oxygen atoms in total. The van der Waals surface area contributed by atoms with Crippen molar-refractivity contribution in [3.8, 4) is 17.2 Å². The average Bonchev–Trinajstić information content (AvgIpc) is 3.72. The van der Waals surface area contributed by atoms with Crippen molar-refractivity contribution in [1.29, 1.82) is 0 Å². The van der Waals surface area contributed by atoms with E-state index in [9.17, 15) is 18.4 Å². The molecule has 1 atom stereocenters. The fourth-order valence-electron chi connectivity index (χ4n) is 3.93. The lowest BCUT2D eigenvalue weighted by atomic mass is 10.0. The van der Waals surface area contributed by atoms with E-state index in [-0.39, 0.29) is 33.5 Å².